The predicted molar refractivity (Wildman–Crippen MR) is 74.2 cm³/mol. The largest absolute Gasteiger partial charge is 0.394 e. The van der Waals surface area contributed by atoms with Crippen molar-refractivity contribution in [2.45, 2.75) is 26.8 Å². The second-order valence-corrected chi connectivity index (χ2v) is 5.57. The number of carbonyl (C=O) groups is 1. The number of aliphatic hydroxyl groups excluding tert-OH is 1. The van der Waals surface area contributed by atoms with Crippen LogP contribution in [0.4, 0.5) is 10.5 Å². The molecule has 0 saturated heterocycles. The van der Waals surface area contributed by atoms with Crippen LogP contribution in [-0.2, 0) is 7.05 Å². The zero-order valence-electron chi connectivity index (χ0n) is 11.7. The van der Waals surface area contributed by atoms with Crippen molar-refractivity contribution in [3.05, 3.63) is 28.7 Å². The molecule has 106 valence electrons. The summed E-state index contributed by atoms with van der Waals surface area (Å²) < 4.78 is 1.38. The van der Waals surface area contributed by atoms with Crippen LogP contribution in [0.1, 0.15) is 20.8 Å². The quantitative estimate of drug-likeness (QED) is 0.761. The van der Waals surface area contributed by atoms with Crippen molar-refractivity contribution in [2.75, 3.05) is 11.9 Å². The second kappa shape index (κ2) is 5.88. The third-order valence-corrected chi connectivity index (χ3v) is 2.88. The number of nitrogens with one attached hydrogen (secondary N) is 2. The third kappa shape index (κ3) is 4.40. The Hall–Kier alpha value is -1.82. The molecule has 1 aromatic rings. The monoisotopic (exact) mass is 267 g/mol. The van der Waals surface area contributed by atoms with Gasteiger partial charge in [0.25, 0.3) is 0 Å². The van der Waals surface area contributed by atoms with Gasteiger partial charge in [0.2, 0.25) is 5.56 Å². The Labute approximate surface area is 112 Å². The molecular formula is C13H21N3O3. The number of rotatable bonds is 3. The first-order chi connectivity index (χ1) is 8.74. The first kappa shape index (κ1) is 15.2. The Balaban J connectivity index is 2.69. The average molecular weight is 267 g/mol. The summed E-state index contributed by atoms with van der Waals surface area (Å²) in [5.74, 6) is 0. The van der Waals surface area contributed by atoms with Crippen molar-refractivity contribution < 1.29 is 9.90 Å². The lowest BCUT2D eigenvalue weighted by molar-refractivity contribution is 0.162. The average Bonchev–Trinajstić information content (AvgIpc) is 2.29. The molecule has 1 aromatic heterocycles. The number of aromatic nitrogens is 1. The summed E-state index contributed by atoms with van der Waals surface area (Å²) in [4.78, 5) is 23.0. The number of hydrogen-bond donors (Lipinski definition) is 3. The normalized spacial score (nSPS) is 12.9. The van der Waals surface area contributed by atoms with Gasteiger partial charge >= 0.3 is 6.03 Å². The first-order valence-electron chi connectivity index (χ1n) is 6.09. The molecule has 1 heterocycles. The molecule has 0 unspecified atom stereocenters. The molecular weight excluding hydrogens is 246 g/mol. The number of amides is 2. The van der Waals surface area contributed by atoms with E-state index in [1.54, 1.807) is 7.05 Å². The molecule has 0 radical (unpaired) electrons. The van der Waals surface area contributed by atoms with E-state index in [4.69, 9.17) is 0 Å². The molecule has 0 aromatic carbocycles. The van der Waals surface area contributed by atoms with Crippen molar-refractivity contribution >= 4 is 11.7 Å². The standard InChI is InChI=1S/C13H21N3O3/c1-13(2,3)10(8-17)15-12(19)14-9-5-6-11(18)16(4)7-9/h5-7,10,17H,8H2,1-4H3,(H2,14,15,19)/t10-/m1/s1. The maximum atomic E-state index is 11.8. The summed E-state index contributed by atoms with van der Waals surface area (Å²) in [5, 5.41) is 14.6. The number of carbonyl (C=O) groups excluding carboxylic acids is 1. The molecule has 0 saturated carbocycles. The lowest BCUT2D eigenvalue weighted by Crippen LogP contribution is -2.47. The van der Waals surface area contributed by atoms with E-state index in [2.05, 4.69) is 10.6 Å². The molecule has 3 N–H and O–H groups in total. The molecule has 6 heteroatoms. The van der Waals surface area contributed by atoms with Gasteiger partial charge < -0.3 is 20.3 Å². The van der Waals surface area contributed by atoms with Crippen molar-refractivity contribution in [3.8, 4) is 0 Å². The highest BCUT2D eigenvalue weighted by Crippen LogP contribution is 2.18. The lowest BCUT2D eigenvalue weighted by Gasteiger charge is -2.29. The Bertz CT molecular complexity index is 503. The molecule has 19 heavy (non-hydrogen) atoms. The predicted octanol–water partition coefficient (Wildman–Crippen LogP) is 0.914. The lowest BCUT2D eigenvalue weighted by atomic mass is 9.87. The number of aliphatic hydroxyl groups is 1. The van der Waals surface area contributed by atoms with E-state index in [1.165, 1.54) is 22.9 Å². The van der Waals surface area contributed by atoms with Crippen molar-refractivity contribution in [2.24, 2.45) is 12.5 Å². The minimum atomic E-state index is -0.410. The van der Waals surface area contributed by atoms with Gasteiger partial charge in [0, 0.05) is 19.3 Å². The zero-order chi connectivity index (χ0) is 14.6. The van der Waals surface area contributed by atoms with Crippen LogP contribution in [0.3, 0.4) is 0 Å². The van der Waals surface area contributed by atoms with E-state index in [1.807, 2.05) is 20.8 Å². The molecule has 2 amide bonds. The van der Waals surface area contributed by atoms with Gasteiger partial charge in [0.1, 0.15) is 0 Å². The van der Waals surface area contributed by atoms with Crippen LogP contribution in [0.2, 0.25) is 0 Å². The van der Waals surface area contributed by atoms with Crippen LogP contribution in [0, 0.1) is 5.41 Å². The summed E-state index contributed by atoms with van der Waals surface area (Å²) >= 11 is 0. The minimum absolute atomic E-state index is 0.135. The molecule has 1 rings (SSSR count). The fraction of sp³-hybridized carbons (Fsp3) is 0.538. The van der Waals surface area contributed by atoms with Gasteiger partial charge in [-0.2, -0.15) is 0 Å². The van der Waals surface area contributed by atoms with Crippen LogP contribution < -0.4 is 16.2 Å². The highest BCUT2D eigenvalue weighted by Gasteiger charge is 2.25. The summed E-state index contributed by atoms with van der Waals surface area (Å²) in [5.41, 5.74) is 0.134. The van der Waals surface area contributed by atoms with Crippen LogP contribution in [0.25, 0.3) is 0 Å². The maximum absolute atomic E-state index is 11.8. The van der Waals surface area contributed by atoms with E-state index in [0.717, 1.165) is 0 Å². The zero-order valence-corrected chi connectivity index (χ0v) is 11.7. The first-order valence-corrected chi connectivity index (χ1v) is 6.09. The fourth-order valence-corrected chi connectivity index (χ4v) is 1.53. The van der Waals surface area contributed by atoms with Crippen LogP contribution in [0.5, 0.6) is 0 Å². The van der Waals surface area contributed by atoms with E-state index < -0.39 is 6.03 Å². The number of nitrogens with zero attached hydrogens (tertiary/aromatic N) is 1. The van der Waals surface area contributed by atoms with Gasteiger partial charge in [0.05, 0.1) is 18.3 Å². The highest BCUT2D eigenvalue weighted by atomic mass is 16.3. The van der Waals surface area contributed by atoms with Gasteiger partial charge in [-0.3, -0.25) is 4.79 Å². The number of anilines is 1. The van der Waals surface area contributed by atoms with Gasteiger partial charge in [0.15, 0.2) is 0 Å². The number of hydrogen-bond acceptors (Lipinski definition) is 3. The Morgan fingerprint density at radius 2 is 2.05 bits per heavy atom. The van der Waals surface area contributed by atoms with E-state index in [9.17, 15) is 14.7 Å². The minimum Gasteiger partial charge on any atom is -0.394 e. The molecule has 0 aliphatic rings. The molecule has 1 atom stereocenters. The Morgan fingerprint density at radius 3 is 2.53 bits per heavy atom. The van der Waals surface area contributed by atoms with E-state index >= 15 is 0 Å². The fourth-order valence-electron chi connectivity index (χ4n) is 1.53. The van der Waals surface area contributed by atoms with Gasteiger partial charge in [-0.25, -0.2) is 4.79 Å². The molecule has 0 aliphatic heterocycles. The maximum Gasteiger partial charge on any atom is 0.319 e. The van der Waals surface area contributed by atoms with E-state index in [0.29, 0.717) is 5.69 Å². The number of aryl methyl sites for hydroxylation is 1. The van der Waals surface area contributed by atoms with E-state index in [-0.39, 0.29) is 23.6 Å². The summed E-state index contributed by atoms with van der Waals surface area (Å²) in [6.07, 6.45) is 1.53. The van der Waals surface area contributed by atoms with Crippen molar-refractivity contribution in [1.29, 1.82) is 0 Å². The second-order valence-electron chi connectivity index (χ2n) is 5.57. The van der Waals surface area contributed by atoms with Gasteiger partial charge in [-0.15, -0.1) is 0 Å². The van der Waals surface area contributed by atoms with Crippen LogP contribution >= 0.6 is 0 Å². The van der Waals surface area contributed by atoms with Crippen LogP contribution in [-0.4, -0.2) is 28.4 Å². The summed E-state index contributed by atoms with van der Waals surface area (Å²) in [6.45, 7) is 5.66. The van der Waals surface area contributed by atoms with Crippen molar-refractivity contribution in [1.82, 2.24) is 9.88 Å². The van der Waals surface area contributed by atoms with Crippen LogP contribution in [0.15, 0.2) is 23.1 Å². The summed E-state index contributed by atoms with van der Waals surface area (Å²) in [6, 6.07) is 2.16. The van der Waals surface area contributed by atoms with Crippen molar-refractivity contribution in [3.63, 3.8) is 0 Å². The summed E-state index contributed by atoms with van der Waals surface area (Å²) in [7, 11) is 1.61. The molecule has 0 spiro atoms. The molecule has 0 bridgehead atoms. The Morgan fingerprint density at radius 1 is 1.42 bits per heavy atom. The number of pyridine rings is 1. The topological polar surface area (TPSA) is 83.4 Å². The highest BCUT2D eigenvalue weighted by molar-refractivity contribution is 5.89. The van der Waals surface area contributed by atoms with Gasteiger partial charge in [-0.05, 0) is 11.5 Å². The number of urea groups is 1. The SMILES string of the molecule is Cn1cc(NC(=O)N[C@H](CO)C(C)(C)C)ccc1=O. The molecule has 0 fully saturated rings. The smallest absolute Gasteiger partial charge is 0.319 e. The molecule has 0 aliphatic carbocycles. The van der Waals surface area contributed by atoms with Gasteiger partial charge in [-0.1, -0.05) is 20.8 Å². The Kier molecular flexibility index (Phi) is 4.72. The third-order valence-electron chi connectivity index (χ3n) is 2.88. The molecule has 6 nitrogen and oxygen atoms in total.